The van der Waals surface area contributed by atoms with Crippen LogP contribution in [0.1, 0.15) is 45.7 Å². The molecule has 2 aliphatic carbocycles. The van der Waals surface area contributed by atoms with Crippen molar-refractivity contribution in [2.24, 2.45) is 4.99 Å². The molecule has 0 spiro atoms. The number of aromatic nitrogens is 2. The average Bonchev–Trinajstić information content (AvgIpc) is 3.54. The van der Waals surface area contributed by atoms with Gasteiger partial charge in [-0.2, -0.15) is 4.98 Å². The highest BCUT2D eigenvalue weighted by Gasteiger charge is 2.38. The van der Waals surface area contributed by atoms with Crippen LogP contribution in [0.25, 0.3) is 6.08 Å². The Hall–Kier alpha value is -3.33. The molecule has 3 rings (SSSR count). The number of sulfone groups is 1. The second kappa shape index (κ2) is 11.2. The molecule has 2 N–H and O–H groups in total. The monoisotopic (exact) mass is 511 g/mol. The Morgan fingerprint density at radius 3 is 2.64 bits per heavy atom. The molecule has 1 fully saturated rings. The van der Waals surface area contributed by atoms with E-state index in [0.29, 0.717) is 36.1 Å². The first-order valence-corrected chi connectivity index (χ1v) is 13.7. The van der Waals surface area contributed by atoms with E-state index < -0.39 is 16.0 Å². The van der Waals surface area contributed by atoms with E-state index in [0.717, 1.165) is 36.0 Å². The number of anilines is 2. The lowest BCUT2D eigenvalue weighted by Gasteiger charge is -2.18. The van der Waals surface area contributed by atoms with E-state index in [1.165, 1.54) is 6.08 Å². The first-order chi connectivity index (χ1) is 16.9. The zero-order valence-corrected chi connectivity index (χ0v) is 22.1. The van der Waals surface area contributed by atoms with Crippen LogP contribution in [0.3, 0.4) is 0 Å². The van der Waals surface area contributed by atoms with Gasteiger partial charge in [0.1, 0.15) is 11.9 Å². The molecule has 2 aliphatic rings. The maximum absolute atomic E-state index is 13.5. The summed E-state index contributed by atoms with van der Waals surface area (Å²) in [5.74, 6) is 1.03. The molecule has 1 aromatic rings. The summed E-state index contributed by atoms with van der Waals surface area (Å²) in [5, 5.41) is 6.72. The number of hydrogen-bond donors (Lipinski definition) is 2. The van der Waals surface area contributed by atoms with E-state index in [1.807, 2.05) is 19.9 Å². The number of alkyl halides is 1. The fraction of sp³-hybridized carbons (Fsp3) is 0.370. The summed E-state index contributed by atoms with van der Waals surface area (Å²) < 4.78 is 36.4. The summed E-state index contributed by atoms with van der Waals surface area (Å²) in [5.41, 5.74) is 3.68. The van der Waals surface area contributed by atoms with Crippen LogP contribution in [-0.4, -0.2) is 48.6 Å². The molecule has 0 aliphatic heterocycles. The van der Waals surface area contributed by atoms with Crippen LogP contribution in [0.2, 0.25) is 0 Å². The van der Waals surface area contributed by atoms with Gasteiger partial charge in [0.2, 0.25) is 5.95 Å². The molecule has 1 saturated carbocycles. The van der Waals surface area contributed by atoms with E-state index in [1.54, 1.807) is 30.4 Å². The molecule has 7 nitrogen and oxygen atoms in total. The lowest BCUT2D eigenvalue weighted by molar-refractivity contribution is 0.401. The molecule has 0 aromatic carbocycles. The van der Waals surface area contributed by atoms with E-state index >= 15 is 0 Å². The van der Waals surface area contributed by atoms with Gasteiger partial charge in [-0.05, 0) is 57.4 Å². The molecule has 1 aromatic heterocycles. The van der Waals surface area contributed by atoms with Crippen molar-refractivity contribution in [3.8, 4) is 0 Å². The number of hydrogen-bond acceptors (Lipinski definition) is 7. The molecule has 9 heteroatoms. The standard InChI is InChI=1S/C27H34FN5O2S/c1-7-23-24(30-20(4)21-11-13-22(28)14-12-21)25(33-27(5)15-16-27)32-26(31-23)29-17-18(2)9-8-10-19(3)36(6,34)35/h7-13,22H,1,3,14-17H2,2,4-6H3,(H2,29,31,32,33)/b10-8-,18-9+,30-20?. The molecular formula is C27H34FN5O2S. The third-order valence-corrected chi connectivity index (χ3v) is 7.02. The number of nitrogens with one attached hydrogen (secondary N) is 2. The van der Waals surface area contributed by atoms with Gasteiger partial charge in [-0.15, -0.1) is 0 Å². The highest BCUT2D eigenvalue weighted by atomic mass is 32.2. The van der Waals surface area contributed by atoms with Crippen molar-refractivity contribution in [3.63, 3.8) is 0 Å². The molecule has 192 valence electrons. The first kappa shape index (κ1) is 27.3. The molecular weight excluding hydrogens is 477 g/mol. The van der Waals surface area contributed by atoms with E-state index in [9.17, 15) is 12.8 Å². The van der Waals surface area contributed by atoms with Crippen LogP contribution >= 0.6 is 0 Å². The summed E-state index contributed by atoms with van der Waals surface area (Å²) >= 11 is 0. The summed E-state index contributed by atoms with van der Waals surface area (Å²) in [6.07, 6.45) is 14.3. The zero-order valence-electron chi connectivity index (χ0n) is 21.3. The van der Waals surface area contributed by atoms with Gasteiger partial charge >= 0.3 is 0 Å². The number of rotatable bonds is 11. The SMILES string of the molecule is C=Cc1nc(NC/C(C)=C/C=C\C(=C)S(C)(=O)=O)nc(NC2(C)CC2)c1N=C(C)C1=CCC(F)C=C1. The number of allylic oxidation sites excluding steroid dienone is 7. The molecule has 0 bridgehead atoms. The molecule has 1 heterocycles. The Labute approximate surface area is 213 Å². The Morgan fingerprint density at radius 2 is 2.06 bits per heavy atom. The van der Waals surface area contributed by atoms with Gasteiger partial charge in [0.25, 0.3) is 0 Å². The normalized spacial score (nSPS) is 19.7. The minimum absolute atomic E-state index is 0.0453. The van der Waals surface area contributed by atoms with Crippen LogP contribution in [0, 0.1) is 0 Å². The summed E-state index contributed by atoms with van der Waals surface area (Å²) in [7, 11) is -3.30. The predicted molar refractivity (Wildman–Crippen MR) is 148 cm³/mol. The van der Waals surface area contributed by atoms with Crippen LogP contribution < -0.4 is 10.6 Å². The van der Waals surface area contributed by atoms with Gasteiger partial charge in [-0.3, -0.25) is 0 Å². The fourth-order valence-electron chi connectivity index (χ4n) is 3.30. The number of halogens is 1. The molecule has 1 unspecified atom stereocenters. The van der Waals surface area contributed by atoms with Crippen LogP contribution in [0.15, 0.2) is 70.7 Å². The topological polar surface area (TPSA) is 96.3 Å². The third-order valence-electron chi connectivity index (χ3n) is 5.93. The maximum atomic E-state index is 13.5. The third kappa shape index (κ3) is 7.58. The van der Waals surface area contributed by atoms with Crippen molar-refractivity contribution >= 4 is 39.1 Å². The molecule has 0 radical (unpaired) electrons. The van der Waals surface area contributed by atoms with E-state index in [2.05, 4.69) is 35.7 Å². The lowest BCUT2D eigenvalue weighted by Crippen LogP contribution is -2.19. The van der Waals surface area contributed by atoms with Crippen LogP contribution in [0.5, 0.6) is 0 Å². The largest absolute Gasteiger partial charge is 0.363 e. The van der Waals surface area contributed by atoms with Crippen molar-refractivity contribution in [2.75, 3.05) is 23.4 Å². The van der Waals surface area contributed by atoms with E-state index in [-0.39, 0.29) is 10.4 Å². The van der Waals surface area contributed by atoms with Crippen LogP contribution in [-0.2, 0) is 9.84 Å². The lowest BCUT2D eigenvalue weighted by atomic mass is 10.0. The fourth-order valence-corrected chi connectivity index (χ4v) is 3.63. The minimum atomic E-state index is -3.30. The summed E-state index contributed by atoms with van der Waals surface area (Å²) in [4.78, 5) is 14.2. The Bertz CT molecular complexity index is 1300. The first-order valence-electron chi connectivity index (χ1n) is 11.8. The smallest absolute Gasteiger partial charge is 0.225 e. The molecule has 1 atom stereocenters. The summed E-state index contributed by atoms with van der Waals surface area (Å²) in [6.45, 7) is 13.8. The van der Waals surface area contributed by atoms with Gasteiger partial charge in [-0.25, -0.2) is 22.8 Å². The molecule has 36 heavy (non-hydrogen) atoms. The number of nitrogens with zero attached hydrogens (tertiary/aromatic N) is 3. The highest BCUT2D eigenvalue weighted by molar-refractivity contribution is 7.94. The second-order valence-corrected chi connectivity index (χ2v) is 11.5. The van der Waals surface area contributed by atoms with Gasteiger partial charge in [0, 0.05) is 30.5 Å². The van der Waals surface area contributed by atoms with Crippen LogP contribution in [0.4, 0.5) is 21.8 Å². The van der Waals surface area contributed by atoms with Gasteiger partial charge in [-0.1, -0.05) is 43.0 Å². The van der Waals surface area contributed by atoms with Gasteiger partial charge in [0.05, 0.1) is 10.6 Å². The van der Waals surface area contributed by atoms with Crippen molar-refractivity contribution < 1.29 is 12.8 Å². The maximum Gasteiger partial charge on any atom is 0.225 e. The van der Waals surface area contributed by atoms with Crippen molar-refractivity contribution in [1.29, 1.82) is 0 Å². The van der Waals surface area contributed by atoms with Gasteiger partial charge < -0.3 is 10.6 Å². The second-order valence-electron chi connectivity index (χ2n) is 9.45. The Balaban J connectivity index is 1.85. The zero-order chi connectivity index (χ0) is 26.5. The van der Waals surface area contributed by atoms with Gasteiger partial charge in [0.15, 0.2) is 15.7 Å². The minimum Gasteiger partial charge on any atom is -0.363 e. The molecule has 0 saturated heterocycles. The average molecular weight is 512 g/mol. The Morgan fingerprint density at radius 1 is 1.33 bits per heavy atom. The molecule has 0 amide bonds. The van der Waals surface area contributed by atoms with Crippen molar-refractivity contribution in [2.45, 2.75) is 51.7 Å². The van der Waals surface area contributed by atoms with Crippen molar-refractivity contribution in [1.82, 2.24) is 9.97 Å². The Kier molecular flexibility index (Phi) is 8.45. The summed E-state index contributed by atoms with van der Waals surface area (Å²) in [6, 6.07) is 0. The van der Waals surface area contributed by atoms with E-state index in [4.69, 9.17) is 9.98 Å². The highest BCUT2D eigenvalue weighted by Crippen LogP contribution is 2.41. The predicted octanol–water partition coefficient (Wildman–Crippen LogP) is 5.87. The number of aliphatic imine (C=N–C) groups is 1. The van der Waals surface area contributed by atoms with Crippen molar-refractivity contribution in [3.05, 3.63) is 71.4 Å². The quantitative estimate of drug-likeness (QED) is 0.285.